The molecule has 0 radical (unpaired) electrons. The summed E-state index contributed by atoms with van der Waals surface area (Å²) >= 11 is 1.07. The Morgan fingerprint density at radius 3 is 2.64 bits per heavy atom. The van der Waals surface area contributed by atoms with Crippen molar-refractivity contribution in [3.8, 4) is 5.88 Å². The standard InChI is InChI=1S/C21H33N6O7PS/c1-12(18(28)29)26-35(31,33-6-7-36-19(30)21(2,3)4)34-10-13-8-14(9-13)27-11-23-15-16(27)24-20(22)25-17(15)32-5/h11-14H,6-10H2,1-5H3,(H,26,31)(H,28,29)(H2,22,24,25)/t12-,13?,14?,35?/m0/s1. The van der Waals surface area contributed by atoms with Crippen LogP contribution in [-0.4, -0.2) is 67.8 Å². The molecule has 2 aromatic heterocycles. The molecule has 0 bridgehead atoms. The molecule has 1 aliphatic carbocycles. The van der Waals surface area contributed by atoms with E-state index in [0.29, 0.717) is 29.9 Å². The molecule has 0 spiro atoms. The molecule has 2 heterocycles. The molecule has 13 nitrogen and oxygen atoms in total. The van der Waals surface area contributed by atoms with Crippen molar-refractivity contribution in [1.29, 1.82) is 0 Å². The minimum Gasteiger partial charge on any atom is -0.480 e. The van der Waals surface area contributed by atoms with Crippen molar-refractivity contribution in [1.82, 2.24) is 24.6 Å². The number of aliphatic carboxylic acids is 1. The summed E-state index contributed by atoms with van der Waals surface area (Å²) in [6.45, 7) is 6.85. The number of rotatable bonds is 12. The smallest absolute Gasteiger partial charge is 0.406 e. The number of nitrogens with zero attached hydrogens (tertiary/aromatic N) is 4. The number of anilines is 1. The van der Waals surface area contributed by atoms with Crippen LogP contribution in [-0.2, 0) is 23.2 Å². The maximum absolute atomic E-state index is 13.2. The minimum atomic E-state index is -3.93. The number of carboxylic acid groups (broad SMARTS) is 1. The number of ether oxygens (including phenoxy) is 1. The quantitative estimate of drug-likeness (QED) is 0.262. The summed E-state index contributed by atoms with van der Waals surface area (Å²) in [5, 5.41) is 11.6. The van der Waals surface area contributed by atoms with Crippen LogP contribution in [0.1, 0.15) is 46.6 Å². The van der Waals surface area contributed by atoms with E-state index < -0.39 is 25.2 Å². The first-order valence-corrected chi connectivity index (χ1v) is 14.0. The number of hydrogen-bond acceptors (Lipinski definition) is 11. The molecule has 15 heteroatoms. The Hall–Kier alpha value is -2.25. The summed E-state index contributed by atoms with van der Waals surface area (Å²) < 4.78 is 31.4. The molecule has 0 saturated heterocycles. The topological polar surface area (TPSA) is 181 Å². The van der Waals surface area contributed by atoms with Crippen LogP contribution in [0.5, 0.6) is 5.88 Å². The zero-order valence-electron chi connectivity index (χ0n) is 21.0. The number of fused-ring (bicyclic) bond motifs is 1. The van der Waals surface area contributed by atoms with Gasteiger partial charge in [-0.15, -0.1) is 0 Å². The number of methoxy groups -OCH3 is 1. The van der Waals surface area contributed by atoms with Crippen molar-refractivity contribution in [3.63, 3.8) is 0 Å². The van der Waals surface area contributed by atoms with Crippen LogP contribution in [0, 0.1) is 11.3 Å². The highest BCUT2D eigenvalue weighted by atomic mass is 32.2. The monoisotopic (exact) mass is 544 g/mol. The van der Waals surface area contributed by atoms with Gasteiger partial charge >= 0.3 is 13.7 Å². The van der Waals surface area contributed by atoms with Gasteiger partial charge in [0.05, 0.1) is 26.7 Å². The number of thioether (sulfide) groups is 1. The number of nitrogen functional groups attached to an aromatic ring is 1. The van der Waals surface area contributed by atoms with Gasteiger partial charge in [0.15, 0.2) is 16.3 Å². The molecule has 1 saturated carbocycles. The summed E-state index contributed by atoms with van der Waals surface area (Å²) in [4.78, 5) is 36.0. The molecule has 0 amide bonds. The molecular formula is C21H33N6O7PS. The van der Waals surface area contributed by atoms with Crippen LogP contribution < -0.4 is 15.6 Å². The normalized spacial score (nSPS) is 20.5. The van der Waals surface area contributed by atoms with E-state index in [4.69, 9.17) is 19.5 Å². The number of nitrogens with one attached hydrogen (secondary N) is 1. The Bertz CT molecular complexity index is 1150. The van der Waals surface area contributed by atoms with Gasteiger partial charge in [-0.05, 0) is 25.7 Å². The third kappa shape index (κ3) is 6.94. The van der Waals surface area contributed by atoms with Gasteiger partial charge in [0.2, 0.25) is 11.8 Å². The molecule has 0 aliphatic heterocycles. The molecule has 2 aromatic rings. The molecule has 1 unspecified atom stereocenters. The fourth-order valence-corrected chi connectivity index (χ4v) is 5.95. The molecular weight excluding hydrogens is 511 g/mol. The molecule has 4 N–H and O–H groups in total. The molecule has 2 atom stereocenters. The third-order valence-corrected chi connectivity index (χ3v) is 8.56. The van der Waals surface area contributed by atoms with Crippen LogP contribution in [0.25, 0.3) is 11.2 Å². The lowest BCUT2D eigenvalue weighted by molar-refractivity contribution is -0.138. The predicted molar refractivity (Wildman–Crippen MR) is 135 cm³/mol. The summed E-state index contributed by atoms with van der Waals surface area (Å²) in [7, 11) is -2.44. The highest BCUT2D eigenvalue weighted by molar-refractivity contribution is 8.13. The second-order valence-electron chi connectivity index (χ2n) is 9.61. The van der Waals surface area contributed by atoms with Crippen LogP contribution in [0.3, 0.4) is 0 Å². The Morgan fingerprint density at radius 1 is 1.33 bits per heavy atom. The van der Waals surface area contributed by atoms with E-state index in [1.165, 1.54) is 14.0 Å². The van der Waals surface area contributed by atoms with Crippen LogP contribution in [0.15, 0.2) is 6.33 Å². The number of aromatic nitrogens is 4. The lowest BCUT2D eigenvalue weighted by Gasteiger charge is -2.36. The van der Waals surface area contributed by atoms with Gasteiger partial charge in [-0.25, -0.2) is 14.6 Å². The third-order valence-electron chi connectivity index (χ3n) is 5.60. The second-order valence-corrected chi connectivity index (χ2v) is 12.4. The largest absolute Gasteiger partial charge is 0.480 e. The number of hydrogen-bond donors (Lipinski definition) is 3. The zero-order valence-corrected chi connectivity index (χ0v) is 22.7. The van der Waals surface area contributed by atoms with Gasteiger partial charge in [0.1, 0.15) is 6.04 Å². The van der Waals surface area contributed by atoms with Gasteiger partial charge in [-0.3, -0.25) is 18.6 Å². The van der Waals surface area contributed by atoms with Crippen LogP contribution in [0.4, 0.5) is 5.95 Å². The van der Waals surface area contributed by atoms with Crippen molar-refractivity contribution >= 4 is 47.7 Å². The van der Waals surface area contributed by atoms with Crippen molar-refractivity contribution < 1.29 is 33.0 Å². The Balaban J connectivity index is 1.57. The van der Waals surface area contributed by atoms with E-state index in [2.05, 4.69) is 20.0 Å². The summed E-state index contributed by atoms with van der Waals surface area (Å²) in [6, 6.07) is -1.07. The Kier molecular flexibility index (Phi) is 8.99. The van der Waals surface area contributed by atoms with Gasteiger partial charge in [-0.1, -0.05) is 32.5 Å². The minimum absolute atomic E-state index is 0.0223. The first-order chi connectivity index (χ1) is 16.8. The Labute approximate surface area is 213 Å². The maximum atomic E-state index is 13.2. The molecule has 36 heavy (non-hydrogen) atoms. The van der Waals surface area contributed by atoms with E-state index in [0.717, 1.165) is 11.8 Å². The van der Waals surface area contributed by atoms with Crippen LogP contribution >= 0.6 is 19.5 Å². The van der Waals surface area contributed by atoms with Gasteiger partial charge in [-0.2, -0.15) is 9.97 Å². The first kappa shape index (κ1) is 28.3. The fourth-order valence-electron chi connectivity index (χ4n) is 3.50. The maximum Gasteiger partial charge on any atom is 0.406 e. The highest BCUT2D eigenvalue weighted by Crippen LogP contribution is 2.48. The van der Waals surface area contributed by atoms with Gasteiger partial charge in [0.25, 0.3) is 0 Å². The van der Waals surface area contributed by atoms with E-state index in [-0.39, 0.29) is 42.0 Å². The average molecular weight is 545 g/mol. The zero-order chi connectivity index (χ0) is 26.7. The molecule has 0 aromatic carbocycles. The molecule has 1 aliphatic rings. The number of nitrogens with two attached hydrogens (primary N) is 1. The van der Waals surface area contributed by atoms with Gasteiger partial charge < -0.3 is 20.1 Å². The number of imidazole rings is 1. The number of carboxylic acids is 1. The molecule has 1 fully saturated rings. The van der Waals surface area contributed by atoms with E-state index in [9.17, 15) is 19.3 Å². The van der Waals surface area contributed by atoms with Gasteiger partial charge in [0, 0.05) is 17.2 Å². The summed E-state index contributed by atoms with van der Waals surface area (Å²) in [5.74, 6) is -0.481. The Morgan fingerprint density at radius 2 is 2.03 bits per heavy atom. The molecule has 3 rings (SSSR count). The second kappa shape index (κ2) is 11.4. The molecule has 200 valence electrons. The fraction of sp³-hybridized carbons (Fsp3) is 0.667. The highest BCUT2D eigenvalue weighted by Gasteiger charge is 2.36. The number of carbonyl (C=O) groups is 2. The first-order valence-electron chi connectivity index (χ1n) is 11.4. The lowest BCUT2D eigenvalue weighted by Crippen LogP contribution is -2.34. The predicted octanol–water partition coefficient (Wildman–Crippen LogP) is 2.88. The number of carbonyl (C=O) groups excluding carboxylic acids is 1. The van der Waals surface area contributed by atoms with Crippen molar-refractivity contribution in [3.05, 3.63) is 6.33 Å². The average Bonchev–Trinajstić information content (AvgIpc) is 3.17. The van der Waals surface area contributed by atoms with Crippen LogP contribution in [0.2, 0.25) is 0 Å². The van der Waals surface area contributed by atoms with E-state index in [1.807, 2.05) is 25.3 Å². The van der Waals surface area contributed by atoms with Crippen molar-refractivity contribution in [2.24, 2.45) is 11.3 Å². The van der Waals surface area contributed by atoms with Crippen molar-refractivity contribution in [2.75, 3.05) is 31.8 Å². The summed E-state index contributed by atoms with van der Waals surface area (Å²) in [5.41, 5.74) is 6.35. The van der Waals surface area contributed by atoms with E-state index in [1.54, 1.807) is 6.33 Å². The van der Waals surface area contributed by atoms with Crippen molar-refractivity contribution in [2.45, 2.75) is 52.6 Å². The van der Waals surface area contributed by atoms with E-state index >= 15 is 0 Å². The summed E-state index contributed by atoms with van der Waals surface area (Å²) in [6.07, 6.45) is 3.05. The SMILES string of the molecule is COc1nc(N)nc2c1ncn2C1CC(COP(=O)(N[C@@H](C)C(=O)O)OCCSC(=O)C(C)(C)C)C1. The lowest BCUT2D eigenvalue weighted by atomic mass is 9.81.